The number of nitrogens with zero attached hydrogens (tertiary/aromatic N) is 1. The first-order valence-electron chi connectivity index (χ1n) is 7.61. The highest BCUT2D eigenvalue weighted by molar-refractivity contribution is 9.10. The van der Waals surface area contributed by atoms with Crippen LogP contribution in [0, 0.1) is 0 Å². The lowest BCUT2D eigenvalue weighted by Crippen LogP contribution is -2.05. The lowest BCUT2D eigenvalue weighted by Gasteiger charge is -2.10. The van der Waals surface area contributed by atoms with Gasteiger partial charge in [-0.05, 0) is 54.1 Å². The van der Waals surface area contributed by atoms with E-state index in [1.54, 1.807) is 6.07 Å². The fourth-order valence-corrected chi connectivity index (χ4v) is 2.82. The van der Waals surface area contributed by atoms with Crippen LogP contribution in [-0.4, -0.2) is 15.9 Å². The number of phenolic OH excluding ortho intramolecular Hbond substituents is 2. The van der Waals surface area contributed by atoms with Crippen LogP contribution in [0.2, 0.25) is 5.02 Å². The van der Waals surface area contributed by atoms with E-state index in [2.05, 4.69) is 15.9 Å². The molecule has 3 aromatic rings. The number of phenols is 2. The first kappa shape index (κ1) is 17.5. The highest BCUT2D eigenvalue weighted by atomic mass is 79.9. The van der Waals surface area contributed by atoms with Crippen LogP contribution in [0.1, 0.15) is 11.1 Å². The maximum Gasteiger partial charge on any atom is 0.128 e. The van der Waals surface area contributed by atoms with Crippen LogP contribution in [-0.2, 0) is 6.42 Å². The molecule has 0 aliphatic heterocycles. The maximum absolute atomic E-state index is 10.2. The summed E-state index contributed by atoms with van der Waals surface area (Å²) in [5.74, 6) is 0.000518. The zero-order valence-electron chi connectivity index (χ0n) is 13.2. The Morgan fingerprint density at radius 1 is 0.920 bits per heavy atom. The topological polar surface area (TPSA) is 52.8 Å². The van der Waals surface area contributed by atoms with Crippen molar-refractivity contribution in [1.82, 2.24) is 0 Å². The SMILES string of the molecule is Oc1ccc(C(Cc2ccc(Cl)cc2)=Nc2ccc(Br)cc2)c(O)c1. The van der Waals surface area contributed by atoms with E-state index < -0.39 is 0 Å². The summed E-state index contributed by atoms with van der Waals surface area (Å²) in [6, 6.07) is 19.6. The van der Waals surface area contributed by atoms with Gasteiger partial charge in [0.1, 0.15) is 11.5 Å². The second-order valence-electron chi connectivity index (χ2n) is 5.54. The zero-order valence-corrected chi connectivity index (χ0v) is 15.5. The summed E-state index contributed by atoms with van der Waals surface area (Å²) in [7, 11) is 0. The molecule has 0 heterocycles. The second kappa shape index (κ2) is 7.72. The average Bonchev–Trinajstić information content (AvgIpc) is 2.58. The van der Waals surface area contributed by atoms with Gasteiger partial charge >= 0.3 is 0 Å². The molecule has 2 N–H and O–H groups in total. The first-order valence-corrected chi connectivity index (χ1v) is 8.78. The number of halogens is 2. The van der Waals surface area contributed by atoms with Gasteiger partial charge in [0.25, 0.3) is 0 Å². The first-order chi connectivity index (χ1) is 12.0. The van der Waals surface area contributed by atoms with Gasteiger partial charge in [-0.15, -0.1) is 0 Å². The van der Waals surface area contributed by atoms with E-state index in [0.29, 0.717) is 22.7 Å². The molecule has 126 valence electrons. The lowest BCUT2D eigenvalue weighted by atomic mass is 10.0. The van der Waals surface area contributed by atoms with Crippen molar-refractivity contribution < 1.29 is 10.2 Å². The Morgan fingerprint density at radius 2 is 1.60 bits per heavy atom. The van der Waals surface area contributed by atoms with Crippen molar-refractivity contribution in [2.24, 2.45) is 4.99 Å². The van der Waals surface area contributed by atoms with Crippen molar-refractivity contribution in [1.29, 1.82) is 0 Å². The molecule has 0 atom stereocenters. The van der Waals surface area contributed by atoms with Gasteiger partial charge in [-0.2, -0.15) is 0 Å². The Balaban J connectivity index is 2.03. The Bertz CT molecular complexity index is 906. The van der Waals surface area contributed by atoms with Gasteiger partial charge < -0.3 is 10.2 Å². The molecule has 0 unspecified atom stereocenters. The highest BCUT2D eigenvalue weighted by Gasteiger charge is 2.11. The van der Waals surface area contributed by atoms with Crippen LogP contribution in [0.25, 0.3) is 0 Å². The number of aromatic hydroxyl groups is 2. The van der Waals surface area contributed by atoms with Crippen molar-refractivity contribution in [3.05, 3.63) is 87.4 Å². The van der Waals surface area contributed by atoms with E-state index >= 15 is 0 Å². The Kier molecular flexibility index (Phi) is 5.41. The fourth-order valence-electron chi connectivity index (χ4n) is 2.43. The normalized spacial score (nSPS) is 11.5. The molecule has 5 heteroatoms. The van der Waals surface area contributed by atoms with Crippen LogP contribution in [0.5, 0.6) is 11.5 Å². The molecule has 0 fully saturated rings. The lowest BCUT2D eigenvalue weighted by molar-refractivity contribution is 0.450. The van der Waals surface area contributed by atoms with Gasteiger partial charge in [0.2, 0.25) is 0 Å². The molecule has 3 aromatic carbocycles. The van der Waals surface area contributed by atoms with Gasteiger partial charge in [0.15, 0.2) is 0 Å². The largest absolute Gasteiger partial charge is 0.508 e. The van der Waals surface area contributed by atoms with Crippen LogP contribution >= 0.6 is 27.5 Å². The van der Waals surface area contributed by atoms with E-state index in [1.165, 1.54) is 12.1 Å². The third-order valence-electron chi connectivity index (χ3n) is 3.67. The quantitative estimate of drug-likeness (QED) is 0.522. The van der Waals surface area contributed by atoms with Crippen molar-refractivity contribution in [3.8, 4) is 11.5 Å². The van der Waals surface area contributed by atoms with Crippen molar-refractivity contribution >= 4 is 38.9 Å². The number of benzene rings is 3. The Morgan fingerprint density at radius 3 is 2.24 bits per heavy atom. The summed E-state index contributed by atoms with van der Waals surface area (Å²) in [6.45, 7) is 0. The number of hydrogen-bond donors (Lipinski definition) is 2. The van der Waals surface area contributed by atoms with E-state index in [0.717, 1.165) is 15.7 Å². The third kappa shape index (κ3) is 4.62. The molecule has 0 aliphatic carbocycles. The monoisotopic (exact) mass is 415 g/mol. The molecule has 0 aliphatic rings. The predicted octanol–water partition coefficient (Wildman–Crippen LogP) is 5.88. The number of aliphatic imine (C=N–C) groups is 1. The molecule has 0 radical (unpaired) electrons. The van der Waals surface area contributed by atoms with Crippen molar-refractivity contribution in [2.75, 3.05) is 0 Å². The van der Waals surface area contributed by atoms with Gasteiger partial charge in [-0.1, -0.05) is 39.7 Å². The molecule has 0 aromatic heterocycles. The second-order valence-corrected chi connectivity index (χ2v) is 6.89. The summed E-state index contributed by atoms with van der Waals surface area (Å²) in [5.41, 5.74) is 3.07. The van der Waals surface area contributed by atoms with Crippen LogP contribution in [0.15, 0.2) is 76.2 Å². The minimum atomic E-state index is -0.00942. The smallest absolute Gasteiger partial charge is 0.128 e. The van der Waals surface area contributed by atoms with E-state index in [9.17, 15) is 10.2 Å². The standard InChI is InChI=1S/C20H15BrClNO2/c21-14-3-7-16(8-4-14)23-19(11-13-1-5-15(22)6-2-13)18-10-9-17(24)12-20(18)25/h1-10,12,24-25H,11H2. The summed E-state index contributed by atoms with van der Waals surface area (Å²) < 4.78 is 0.971. The van der Waals surface area contributed by atoms with Gasteiger partial charge in [-0.25, -0.2) is 0 Å². The van der Waals surface area contributed by atoms with Crippen LogP contribution in [0.4, 0.5) is 5.69 Å². The molecule has 3 rings (SSSR count). The molecule has 0 saturated heterocycles. The average molecular weight is 417 g/mol. The molecule has 25 heavy (non-hydrogen) atoms. The molecule has 0 spiro atoms. The predicted molar refractivity (Wildman–Crippen MR) is 105 cm³/mol. The number of rotatable bonds is 4. The summed E-state index contributed by atoms with van der Waals surface area (Å²) >= 11 is 9.36. The van der Waals surface area contributed by atoms with E-state index in [4.69, 9.17) is 16.6 Å². The fraction of sp³-hybridized carbons (Fsp3) is 0.0500. The number of hydrogen-bond acceptors (Lipinski definition) is 3. The van der Waals surface area contributed by atoms with Gasteiger partial charge in [0, 0.05) is 27.5 Å². The minimum absolute atomic E-state index is 0.00942. The Hall–Kier alpha value is -2.30. The highest BCUT2D eigenvalue weighted by Crippen LogP contribution is 2.27. The summed E-state index contributed by atoms with van der Waals surface area (Å²) in [6.07, 6.45) is 0.519. The molecule has 0 saturated carbocycles. The minimum Gasteiger partial charge on any atom is -0.508 e. The third-order valence-corrected chi connectivity index (χ3v) is 4.45. The Labute approximate surface area is 159 Å². The maximum atomic E-state index is 10.2. The molecule has 0 bridgehead atoms. The molecular formula is C20H15BrClNO2. The zero-order chi connectivity index (χ0) is 17.8. The molecule has 0 amide bonds. The van der Waals surface area contributed by atoms with Crippen molar-refractivity contribution in [3.63, 3.8) is 0 Å². The van der Waals surface area contributed by atoms with Crippen LogP contribution < -0.4 is 0 Å². The van der Waals surface area contributed by atoms with Crippen LogP contribution in [0.3, 0.4) is 0 Å². The van der Waals surface area contributed by atoms with Gasteiger partial charge in [-0.3, -0.25) is 4.99 Å². The molecular weight excluding hydrogens is 402 g/mol. The summed E-state index contributed by atoms with van der Waals surface area (Å²) in [4.78, 5) is 4.70. The summed E-state index contributed by atoms with van der Waals surface area (Å²) in [5, 5.41) is 20.4. The van der Waals surface area contributed by atoms with Gasteiger partial charge in [0.05, 0.1) is 11.4 Å². The van der Waals surface area contributed by atoms with Crippen molar-refractivity contribution in [2.45, 2.75) is 6.42 Å². The van der Waals surface area contributed by atoms with E-state index in [1.807, 2.05) is 48.5 Å². The van der Waals surface area contributed by atoms with E-state index in [-0.39, 0.29) is 11.5 Å². The molecule has 3 nitrogen and oxygen atoms in total.